The van der Waals surface area contributed by atoms with Gasteiger partial charge < -0.3 is 4.74 Å². The zero-order valence-electron chi connectivity index (χ0n) is 13.3. The molecule has 4 heteroatoms. The highest BCUT2D eigenvalue weighted by Gasteiger charge is 2.28. The molecule has 0 N–H and O–H groups in total. The van der Waals surface area contributed by atoms with Crippen LogP contribution in [-0.2, 0) is 4.79 Å². The molecule has 1 heterocycles. The second-order valence-electron chi connectivity index (χ2n) is 5.23. The molecule has 0 bridgehead atoms. The molecule has 0 aliphatic carbocycles. The summed E-state index contributed by atoms with van der Waals surface area (Å²) < 4.78 is 5.53. The van der Waals surface area contributed by atoms with Gasteiger partial charge in [-0.05, 0) is 31.2 Å². The molecule has 0 fully saturated rings. The van der Waals surface area contributed by atoms with E-state index < -0.39 is 0 Å². The number of carbonyl (C=O) groups excluding carboxylic acids is 1. The number of hydrogen-bond acceptors (Lipinski definition) is 3. The number of nitrogens with zero attached hydrogens (tertiary/aromatic N) is 2. The first kappa shape index (κ1) is 15.6. The molecule has 1 amide bonds. The largest absolute Gasteiger partial charge is 0.480 e. The number of terminal acetylenes is 1. The van der Waals surface area contributed by atoms with Gasteiger partial charge in [0.05, 0.1) is 17.0 Å². The number of anilines is 1. The number of rotatable bonds is 4. The van der Waals surface area contributed by atoms with E-state index in [1.165, 1.54) is 5.01 Å². The second-order valence-corrected chi connectivity index (χ2v) is 5.23. The van der Waals surface area contributed by atoms with Crippen LogP contribution in [-0.4, -0.2) is 18.2 Å². The molecule has 0 saturated heterocycles. The van der Waals surface area contributed by atoms with Crippen LogP contribution >= 0.6 is 0 Å². The number of carbonyl (C=O) groups is 1. The molecule has 0 atom stereocenters. The highest BCUT2D eigenvalue weighted by atomic mass is 16.5. The van der Waals surface area contributed by atoms with Crippen LogP contribution in [0.4, 0.5) is 5.69 Å². The van der Waals surface area contributed by atoms with Crippen LogP contribution in [0.25, 0.3) is 6.08 Å². The summed E-state index contributed by atoms with van der Waals surface area (Å²) in [4.78, 5) is 12.7. The van der Waals surface area contributed by atoms with Gasteiger partial charge in [-0.15, -0.1) is 6.42 Å². The molecule has 2 aromatic rings. The lowest BCUT2D eigenvalue weighted by Gasteiger charge is -2.11. The summed E-state index contributed by atoms with van der Waals surface area (Å²) in [6.45, 7) is 1.99. The fourth-order valence-electron chi connectivity index (χ4n) is 2.43. The van der Waals surface area contributed by atoms with Gasteiger partial charge in [0, 0.05) is 5.56 Å². The molecular weight excluding hydrogens is 300 g/mol. The smallest absolute Gasteiger partial charge is 0.280 e. The minimum Gasteiger partial charge on any atom is -0.480 e. The Morgan fingerprint density at radius 1 is 1.17 bits per heavy atom. The van der Waals surface area contributed by atoms with Crippen LogP contribution in [0.1, 0.15) is 12.5 Å². The van der Waals surface area contributed by atoms with Crippen molar-refractivity contribution in [1.29, 1.82) is 0 Å². The maximum absolute atomic E-state index is 12.7. The fraction of sp³-hybridized carbons (Fsp3) is 0.100. The summed E-state index contributed by atoms with van der Waals surface area (Å²) in [6.07, 6.45) is 7.03. The first-order chi connectivity index (χ1) is 11.7. The van der Waals surface area contributed by atoms with Crippen LogP contribution in [0.5, 0.6) is 5.75 Å². The third-order valence-electron chi connectivity index (χ3n) is 3.59. The quantitative estimate of drug-likeness (QED) is 0.640. The Kier molecular flexibility index (Phi) is 4.44. The molecule has 0 spiro atoms. The molecule has 118 valence electrons. The third-order valence-corrected chi connectivity index (χ3v) is 3.59. The predicted octanol–water partition coefficient (Wildman–Crippen LogP) is 3.50. The van der Waals surface area contributed by atoms with Crippen molar-refractivity contribution >= 4 is 23.4 Å². The summed E-state index contributed by atoms with van der Waals surface area (Å²) in [5.41, 5.74) is 2.73. The lowest BCUT2D eigenvalue weighted by atomic mass is 10.1. The number of hydrazone groups is 1. The molecule has 0 saturated carbocycles. The predicted molar refractivity (Wildman–Crippen MR) is 95.8 cm³/mol. The Labute approximate surface area is 141 Å². The zero-order valence-corrected chi connectivity index (χ0v) is 13.3. The van der Waals surface area contributed by atoms with Gasteiger partial charge in [-0.2, -0.15) is 10.1 Å². The van der Waals surface area contributed by atoms with Crippen molar-refractivity contribution < 1.29 is 9.53 Å². The van der Waals surface area contributed by atoms with Crippen molar-refractivity contribution in [1.82, 2.24) is 0 Å². The standard InChI is InChI=1S/C20H16N2O2/c1-3-13-24-19-12-8-7-9-16(19)14-18-15(2)21-22(20(18)23)17-10-5-4-6-11-17/h1,4-12,14H,13H2,2H3/b18-14-. The summed E-state index contributed by atoms with van der Waals surface area (Å²) in [6, 6.07) is 16.8. The Hall–Kier alpha value is -3.32. The molecule has 0 radical (unpaired) electrons. The number of benzene rings is 2. The van der Waals surface area contributed by atoms with Gasteiger partial charge in [0.15, 0.2) is 0 Å². The van der Waals surface area contributed by atoms with Crippen molar-refractivity contribution in [2.45, 2.75) is 6.92 Å². The summed E-state index contributed by atoms with van der Waals surface area (Å²) in [7, 11) is 0. The van der Waals surface area contributed by atoms with Crippen molar-refractivity contribution in [3.05, 3.63) is 65.7 Å². The first-order valence-corrected chi connectivity index (χ1v) is 7.53. The van der Waals surface area contributed by atoms with E-state index in [1.807, 2.05) is 61.5 Å². The maximum atomic E-state index is 12.7. The van der Waals surface area contributed by atoms with Gasteiger partial charge in [-0.25, -0.2) is 0 Å². The lowest BCUT2D eigenvalue weighted by Crippen LogP contribution is -2.21. The van der Waals surface area contributed by atoms with E-state index in [9.17, 15) is 4.79 Å². The first-order valence-electron chi connectivity index (χ1n) is 7.53. The third kappa shape index (κ3) is 3.06. The van der Waals surface area contributed by atoms with E-state index >= 15 is 0 Å². The van der Waals surface area contributed by atoms with E-state index in [4.69, 9.17) is 11.2 Å². The summed E-state index contributed by atoms with van der Waals surface area (Å²) in [5, 5.41) is 5.78. The molecule has 4 nitrogen and oxygen atoms in total. The van der Waals surface area contributed by atoms with Crippen LogP contribution in [0, 0.1) is 12.3 Å². The average molecular weight is 316 g/mol. The highest BCUT2D eigenvalue weighted by Crippen LogP contribution is 2.27. The SMILES string of the molecule is C#CCOc1ccccc1/C=C1\C(=O)N(c2ccccc2)N=C1C. The number of para-hydroxylation sites is 2. The van der Waals surface area contributed by atoms with Crippen molar-refractivity contribution in [3.8, 4) is 18.1 Å². The topological polar surface area (TPSA) is 41.9 Å². The monoisotopic (exact) mass is 316 g/mol. The van der Waals surface area contributed by atoms with Gasteiger partial charge in [-0.3, -0.25) is 4.79 Å². The van der Waals surface area contributed by atoms with E-state index in [1.54, 1.807) is 6.08 Å². The molecule has 3 rings (SSSR count). The van der Waals surface area contributed by atoms with Crippen molar-refractivity contribution in [2.24, 2.45) is 5.10 Å². The fourth-order valence-corrected chi connectivity index (χ4v) is 2.43. The molecule has 0 aromatic heterocycles. The summed E-state index contributed by atoms with van der Waals surface area (Å²) in [5.74, 6) is 2.92. The van der Waals surface area contributed by atoms with Crippen LogP contribution in [0.2, 0.25) is 0 Å². The van der Waals surface area contributed by atoms with Crippen molar-refractivity contribution in [3.63, 3.8) is 0 Å². The summed E-state index contributed by atoms with van der Waals surface area (Å²) >= 11 is 0. The maximum Gasteiger partial charge on any atom is 0.280 e. The Morgan fingerprint density at radius 2 is 1.88 bits per heavy atom. The van der Waals surface area contributed by atoms with E-state index in [0.29, 0.717) is 17.0 Å². The van der Waals surface area contributed by atoms with Gasteiger partial charge in [0.2, 0.25) is 0 Å². The van der Waals surface area contributed by atoms with E-state index in [2.05, 4.69) is 11.0 Å². The van der Waals surface area contributed by atoms with E-state index in [-0.39, 0.29) is 12.5 Å². The molecule has 1 aliphatic rings. The van der Waals surface area contributed by atoms with Gasteiger partial charge in [-0.1, -0.05) is 42.3 Å². The zero-order chi connectivity index (χ0) is 16.9. The molecule has 24 heavy (non-hydrogen) atoms. The van der Waals surface area contributed by atoms with Gasteiger partial charge >= 0.3 is 0 Å². The minimum atomic E-state index is -0.162. The molecule has 0 unspecified atom stereocenters. The molecule has 2 aromatic carbocycles. The molecule has 1 aliphatic heterocycles. The van der Waals surface area contributed by atoms with Crippen LogP contribution in [0.15, 0.2) is 65.3 Å². The van der Waals surface area contributed by atoms with Crippen LogP contribution in [0.3, 0.4) is 0 Å². The Morgan fingerprint density at radius 3 is 2.62 bits per heavy atom. The Bertz CT molecular complexity index is 861. The van der Waals surface area contributed by atoms with E-state index in [0.717, 1.165) is 11.3 Å². The minimum absolute atomic E-state index is 0.162. The lowest BCUT2D eigenvalue weighted by molar-refractivity contribution is -0.114. The van der Waals surface area contributed by atoms with Crippen molar-refractivity contribution in [2.75, 3.05) is 11.6 Å². The normalized spacial score (nSPS) is 15.3. The second kappa shape index (κ2) is 6.84. The average Bonchev–Trinajstić information content (AvgIpc) is 2.90. The van der Waals surface area contributed by atoms with Crippen LogP contribution < -0.4 is 9.75 Å². The number of hydrogen-bond donors (Lipinski definition) is 0. The van der Waals surface area contributed by atoms with Gasteiger partial charge in [0.25, 0.3) is 5.91 Å². The number of amides is 1. The number of ether oxygens (including phenoxy) is 1. The van der Waals surface area contributed by atoms with Gasteiger partial charge in [0.1, 0.15) is 12.4 Å². The highest BCUT2D eigenvalue weighted by molar-refractivity contribution is 6.32. The Balaban J connectivity index is 1.94. The molecular formula is C20H16N2O2.